The summed E-state index contributed by atoms with van der Waals surface area (Å²) in [5.74, 6) is -0.550. The third kappa shape index (κ3) is 4.19. The van der Waals surface area contributed by atoms with Crippen LogP contribution < -0.4 is 0 Å². The Morgan fingerprint density at radius 3 is 2.32 bits per heavy atom. The molecule has 0 N–H and O–H groups in total. The number of piperidine rings is 1. The molecule has 170 valence electrons. The van der Waals surface area contributed by atoms with Gasteiger partial charge < -0.3 is 9.64 Å². The van der Waals surface area contributed by atoms with Crippen LogP contribution in [0.5, 0.6) is 0 Å². The number of ether oxygens (including phenoxy) is 1. The predicted molar refractivity (Wildman–Crippen MR) is 108 cm³/mol. The summed E-state index contributed by atoms with van der Waals surface area (Å²) in [6.45, 7) is 2.81. The smallest absolute Gasteiger partial charge is 0.353 e. The van der Waals surface area contributed by atoms with Crippen molar-refractivity contribution in [1.82, 2.24) is 9.80 Å². The second-order valence-electron chi connectivity index (χ2n) is 8.96. The van der Waals surface area contributed by atoms with Gasteiger partial charge in [0.2, 0.25) is 5.91 Å². The Bertz CT molecular complexity index is 818. The van der Waals surface area contributed by atoms with Gasteiger partial charge in [0.1, 0.15) is 11.8 Å². The number of halogens is 3. The average Bonchev–Trinajstić information content (AvgIpc) is 3.11. The van der Waals surface area contributed by atoms with Gasteiger partial charge in [-0.2, -0.15) is 13.2 Å². The molecule has 0 bridgehead atoms. The Hall–Kier alpha value is -2.09. The third-order valence-corrected chi connectivity index (χ3v) is 6.94. The molecule has 31 heavy (non-hydrogen) atoms. The van der Waals surface area contributed by atoms with Crippen LogP contribution >= 0.6 is 0 Å². The number of carbonyl (C=O) groups excluding carboxylic acids is 2. The van der Waals surface area contributed by atoms with E-state index in [2.05, 4.69) is 0 Å². The van der Waals surface area contributed by atoms with E-state index in [4.69, 9.17) is 4.74 Å². The Kier molecular flexibility index (Phi) is 6.03. The molecule has 1 aromatic carbocycles. The lowest BCUT2D eigenvalue weighted by atomic mass is 9.89. The molecule has 4 rings (SSSR count). The standard InChI is InChI=1S/C23H29F3N2O3/c1-16-7-3-6-14-27(16)21(30)19-15-31-22(12-4-2-5-13-22)28(19)20(29)17-8-10-18(11-9-17)23(24,25)26/h8-11,16,19H,2-7,12-15H2,1H3/t16-,19-/m1/s1. The lowest BCUT2D eigenvalue weighted by Crippen LogP contribution is -2.58. The summed E-state index contributed by atoms with van der Waals surface area (Å²) in [5.41, 5.74) is -1.51. The molecule has 3 fully saturated rings. The molecule has 5 nitrogen and oxygen atoms in total. The second-order valence-corrected chi connectivity index (χ2v) is 8.96. The van der Waals surface area contributed by atoms with Gasteiger partial charge in [0.25, 0.3) is 5.91 Å². The summed E-state index contributed by atoms with van der Waals surface area (Å²) in [6.07, 6.45) is 2.55. The van der Waals surface area contributed by atoms with Crippen molar-refractivity contribution in [3.63, 3.8) is 0 Å². The Balaban J connectivity index is 1.65. The molecular weight excluding hydrogens is 409 g/mol. The molecule has 0 unspecified atom stereocenters. The van der Waals surface area contributed by atoms with Gasteiger partial charge in [-0.3, -0.25) is 14.5 Å². The highest BCUT2D eigenvalue weighted by atomic mass is 19.4. The van der Waals surface area contributed by atoms with E-state index in [1.165, 1.54) is 12.1 Å². The number of hydrogen-bond donors (Lipinski definition) is 0. The van der Waals surface area contributed by atoms with Crippen LogP contribution in [0.3, 0.4) is 0 Å². The largest absolute Gasteiger partial charge is 0.416 e. The zero-order valence-electron chi connectivity index (χ0n) is 17.8. The highest BCUT2D eigenvalue weighted by Gasteiger charge is 2.54. The molecule has 2 saturated heterocycles. The SMILES string of the molecule is C[C@@H]1CCCCN1C(=O)[C@H]1COC2(CCCCC2)N1C(=O)c1ccc(C(F)(F)F)cc1. The Labute approximate surface area is 180 Å². The van der Waals surface area contributed by atoms with Crippen LogP contribution in [0, 0.1) is 0 Å². The van der Waals surface area contributed by atoms with Crippen molar-refractivity contribution >= 4 is 11.8 Å². The molecule has 0 radical (unpaired) electrons. The summed E-state index contributed by atoms with van der Waals surface area (Å²) >= 11 is 0. The van der Waals surface area contributed by atoms with Gasteiger partial charge in [0.15, 0.2) is 0 Å². The van der Waals surface area contributed by atoms with Gasteiger partial charge in [0.05, 0.1) is 12.2 Å². The molecule has 1 aliphatic carbocycles. The summed E-state index contributed by atoms with van der Waals surface area (Å²) in [7, 11) is 0. The molecule has 3 aliphatic rings. The molecular formula is C23H29F3N2O3. The van der Waals surface area contributed by atoms with E-state index in [1.54, 1.807) is 4.90 Å². The number of benzene rings is 1. The topological polar surface area (TPSA) is 49.9 Å². The highest BCUT2D eigenvalue weighted by Crippen LogP contribution is 2.42. The van der Waals surface area contributed by atoms with E-state index in [1.807, 2.05) is 11.8 Å². The van der Waals surface area contributed by atoms with Crippen molar-refractivity contribution in [2.45, 2.75) is 82.3 Å². The van der Waals surface area contributed by atoms with Crippen molar-refractivity contribution in [3.05, 3.63) is 35.4 Å². The lowest BCUT2D eigenvalue weighted by molar-refractivity contribution is -0.140. The van der Waals surface area contributed by atoms with Crippen LogP contribution in [-0.2, 0) is 15.7 Å². The van der Waals surface area contributed by atoms with E-state index < -0.39 is 29.4 Å². The normalized spacial score (nSPS) is 26.3. The molecule has 2 atom stereocenters. The summed E-state index contributed by atoms with van der Waals surface area (Å²) < 4.78 is 45.0. The Morgan fingerprint density at radius 1 is 1.03 bits per heavy atom. The van der Waals surface area contributed by atoms with E-state index in [0.717, 1.165) is 50.7 Å². The first-order valence-corrected chi connectivity index (χ1v) is 11.2. The van der Waals surface area contributed by atoms with Crippen LogP contribution in [0.2, 0.25) is 0 Å². The number of alkyl halides is 3. The fourth-order valence-corrected chi connectivity index (χ4v) is 5.22. The van der Waals surface area contributed by atoms with Crippen LogP contribution in [0.25, 0.3) is 0 Å². The first kappa shape index (κ1) is 22.1. The fourth-order valence-electron chi connectivity index (χ4n) is 5.22. The first-order chi connectivity index (χ1) is 14.7. The molecule has 1 saturated carbocycles. The Morgan fingerprint density at radius 2 is 1.71 bits per heavy atom. The van der Waals surface area contributed by atoms with Gasteiger partial charge in [-0.15, -0.1) is 0 Å². The van der Waals surface area contributed by atoms with Crippen LogP contribution in [0.4, 0.5) is 13.2 Å². The number of amides is 2. The number of nitrogens with zero attached hydrogens (tertiary/aromatic N) is 2. The monoisotopic (exact) mass is 438 g/mol. The van der Waals surface area contributed by atoms with E-state index in [0.29, 0.717) is 19.4 Å². The van der Waals surface area contributed by atoms with E-state index in [-0.39, 0.29) is 24.1 Å². The second kappa shape index (κ2) is 8.45. The number of hydrogen-bond acceptors (Lipinski definition) is 3. The quantitative estimate of drug-likeness (QED) is 0.678. The van der Waals surface area contributed by atoms with Gasteiger partial charge in [0, 0.05) is 18.2 Å². The minimum atomic E-state index is -4.47. The van der Waals surface area contributed by atoms with Gasteiger partial charge in [-0.05, 0) is 76.1 Å². The molecule has 1 spiro atoms. The molecule has 2 heterocycles. The number of carbonyl (C=O) groups is 2. The minimum Gasteiger partial charge on any atom is -0.353 e. The maximum absolute atomic E-state index is 13.6. The van der Waals surface area contributed by atoms with Crippen LogP contribution in [0.15, 0.2) is 24.3 Å². The number of likely N-dealkylation sites (tertiary alicyclic amines) is 1. The zero-order valence-corrected chi connectivity index (χ0v) is 17.8. The minimum absolute atomic E-state index is 0.104. The molecule has 1 aromatic rings. The first-order valence-electron chi connectivity index (χ1n) is 11.2. The van der Waals surface area contributed by atoms with Crippen molar-refractivity contribution in [2.24, 2.45) is 0 Å². The lowest BCUT2D eigenvalue weighted by Gasteiger charge is -2.43. The van der Waals surface area contributed by atoms with Crippen molar-refractivity contribution in [3.8, 4) is 0 Å². The van der Waals surface area contributed by atoms with Gasteiger partial charge >= 0.3 is 6.18 Å². The zero-order chi connectivity index (χ0) is 22.2. The molecule has 2 aliphatic heterocycles. The van der Waals surface area contributed by atoms with E-state index >= 15 is 0 Å². The van der Waals surface area contributed by atoms with Crippen molar-refractivity contribution < 1.29 is 27.5 Å². The highest BCUT2D eigenvalue weighted by molar-refractivity contribution is 5.98. The third-order valence-electron chi connectivity index (χ3n) is 6.94. The van der Waals surface area contributed by atoms with Crippen molar-refractivity contribution in [1.29, 1.82) is 0 Å². The summed E-state index contributed by atoms with van der Waals surface area (Å²) in [6, 6.07) is 3.60. The van der Waals surface area contributed by atoms with Gasteiger partial charge in [-0.25, -0.2) is 0 Å². The van der Waals surface area contributed by atoms with E-state index in [9.17, 15) is 22.8 Å². The average molecular weight is 438 g/mol. The fraction of sp³-hybridized carbons (Fsp3) is 0.652. The van der Waals surface area contributed by atoms with Gasteiger partial charge in [-0.1, -0.05) is 6.42 Å². The predicted octanol–water partition coefficient (Wildman–Crippen LogP) is 4.61. The van der Waals surface area contributed by atoms with Crippen molar-refractivity contribution in [2.75, 3.05) is 13.2 Å². The molecule has 8 heteroatoms. The number of rotatable bonds is 2. The summed E-state index contributed by atoms with van der Waals surface area (Å²) in [5, 5.41) is 0. The molecule has 2 amide bonds. The van der Waals surface area contributed by atoms with Crippen LogP contribution in [0.1, 0.15) is 74.2 Å². The molecule has 0 aromatic heterocycles. The van der Waals surface area contributed by atoms with Crippen LogP contribution in [-0.4, -0.2) is 52.6 Å². The maximum atomic E-state index is 13.6. The summed E-state index contributed by atoms with van der Waals surface area (Å²) in [4.78, 5) is 30.4. The maximum Gasteiger partial charge on any atom is 0.416 e.